The number of hydrogen-bond donors (Lipinski definition) is 1. The van der Waals surface area contributed by atoms with Gasteiger partial charge in [-0.1, -0.05) is 137 Å². The molecule has 13 heteroatoms. The summed E-state index contributed by atoms with van der Waals surface area (Å²) in [6.07, 6.45) is 2.72. The standard InChI is InChI=1S/C51H55F4N7O2/c1-5-59(6-2)45(38-15-11-9-12-16-38)48(63)61-32-50(52,53)28-43(61)41-27-40(30-56-41)36-21-19-34(20-22-36)35-23-25-37(26-24-35)42-31-57-47(58-42)44-29-51(54,55)33-62(44)49(64)46(60(7-3)8-4)39-17-13-10-14-18-39/h9-26,30-31,43-46H,5-8,27-29,32-33H2,1-4H3,(H,57,58)/t43-,44-,45+,46+/m0/s1. The number of carbonyl (C=O) groups excluding carboxylic acids is 2. The van der Waals surface area contributed by atoms with Crippen LogP contribution in [-0.4, -0.2) is 104 Å². The maximum absolute atomic E-state index is 15.2. The average Bonchev–Trinajstić information content (AvgIpc) is 4.13. The molecule has 2 fully saturated rings. The van der Waals surface area contributed by atoms with Gasteiger partial charge in [0.2, 0.25) is 11.8 Å². The molecule has 0 saturated carbocycles. The van der Waals surface area contributed by atoms with E-state index in [1.54, 1.807) is 12.4 Å². The number of H-pyrrole nitrogens is 1. The molecule has 4 heterocycles. The Morgan fingerprint density at radius 1 is 0.641 bits per heavy atom. The van der Waals surface area contributed by atoms with Crippen molar-refractivity contribution in [3.8, 4) is 22.4 Å². The number of halogens is 4. The van der Waals surface area contributed by atoms with Crippen LogP contribution in [0.1, 0.15) is 87.6 Å². The SMILES string of the molecule is CCN(CC)[C@@H](C(=O)N1CC(F)(F)C[C@H]1C1=NC=C(c2ccc(-c3ccc(-c4cnc([C@@H]5CC(F)(F)CN5C(=O)[C@@H](c5ccccc5)N(CC)CC)[nH]4)cc3)cc2)C1)c1ccccc1. The molecule has 334 valence electrons. The Morgan fingerprint density at radius 2 is 1.08 bits per heavy atom. The molecule has 3 aliphatic heterocycles. The first-order chi connectivity index (χ1) is 30.8. The summed E-state index contributed by atoms with van der Waals surface area (Å²) >= 11 is 0. The molecular formula is C51H55F4N7O2. The van der Waals surface area contributed by atoms with Crippen LogP contribution in [0.25, 0.3) is 28.0 Å². The monoisotopic (exact) mass is 873 g/mol. The largest absolute Gasteiger partial charge is 0.340 e. The van der Waals surface area contributed by atoms with Crippen molar-refractivity contribution in [2.45, 2.75) is 83.0 Å². The molecule has 1 N–H and O–H groups in total. The maximum Gasteiger partial charge on any atom is 0.267 e. The molecule has 0 radical (unpaired) electrons. The number of aliphatic imine (C=N–C) groups is 1. The Balaban J connectivity index is 0.940. The second kappa shape index (κ2) is 18.7. The lowest BCUT2D eigenvalue weighted by atomic mass is 9.95. The smallest absolute Gasteiger partial charge is 0.267 e. The van der Waals surface area contributed by atoms with Gasteiger partial charge in [0, 0.05) is 31.2 Å². The molecule has 0 aliphatic carbocycles. The normalized spacial score (nSPS) is 20.2. The summed E-state index contributed by atoms with van der Waals surface area (Å²) in [7, 11) is 0. The van der Waals surface area contributed by atoms with E-state index < -0.39 is 61.9 Å². The number of nitrogens with zero attached hydrogens (tertiary/aromatic N) is 6. The van der Waals surface area contributed by atoms with Crippen molar-refractivity contribution >= 4 is 23.1 Å². The fraction of sp³-hybridized carbons (Fsp3) is 0.373. The molecule has 2 saturated heterocycles. The van der Waals surface area contributed by atoms with Crippen LogP contribution in [0.2, 0.25) is 0 Å². The van der Waals surface area contributed by atoms with Gasteiger partial charge < -0.3 is 14.8 Å². The van der Waals surface area contributed by atoms with E-state index in [-0.39, 0.29) is 11.8 Å². The summed E-state index contributed by atoms with van der Waals surface area (Å²) in [4.78, 5) is 47.5. The van der Waals surface area contributed by atoms with Crippen molar-refractivity contribution in [1.29, 1.82) is 0 Å². The van der Waals surface area contributed by atoms with Gasteiger partial charge in [-0.05, 0) is 65.1 Å². The molecule has 64 heavy (non-hydrogen) atoms. The van der Waals surface area contributed by atoms with Crippen LogP contribution in [0, 0.1) is 0 Å². The van der Waals surface area contributed by atoms with E-state index in [4.69, 9.17) is 0 Å². The topological polar surface area (TPSA) is 88.1 Å². The Morgan fingerprint density at radius 3 is 1.56 bits per heavy atom. The van der Waals surface area contributed by atoms with Crippen LogP contribution in [-0.2, 0) is 9.59 Å². The lowest BCUT2D eigenvalue weighted by Gasteiger charge is -2.34. The minimum Gasteiger partial charge on any atom is -0.340 e. The average molecular weight is 874 g/mol. The van der Waals surface area contributed by atoms with Crippen LogP contribution < -0.4 is 0 Å². The fourth-order valence-corrected chi connectivity index (χ4v) is 9.62. The van der Waals surface area contributed by atoms with Crippen molar-refractivity contribution in [3.63, 3.8) is 0 Å². The highest BCUT2D eigenvalue weighted by atomic mass is 19.3. The van der Waals surface area contributed by atoms with Crippen molar-refractivity contribution in [2.75, 3.05) is 39.3 Å². The van der Waals surface area contributed by atoms with Gasteiger partial charge in [-0.3, -0.25) is 24.4 Å². The van der Waals surface area contributed by atoms with E-state index in [1.807, 2.05) is 147 Å². The summed E-state index contributed by atoms with van der Waals surface area (Å²) in [5, 5.41) is 0. The number of benzene rings is 4. The van der Waals surface area contributed by atoms with Gasteiger partial charge in [0.25, 0.3) is 11.8 Å². The van der Waals surface area contributed by atoms with Crippen molar-refractivity contribution in [2.24, 2.45) is 4.99 Å². The Kier molecular flexibility index (Phi) is 13.0. The zero-order valence-corrected chi connectivity index (χ0v) is 36.7. The zero-order valence-electron chi connectivity index (χ0n) is 36.7. The summed E-state index contributed by atoms with van der Waals surface area (Å²) in [5.41, 5.74) is 7.27. The van der Waals surface area contributed by atoms with E-state index in [2.05, 4.69) is 15.0 Å². The minimum atomic E-state index is -3.06. The Hall–Kier alpha value is -5.92. The maximum atomic E-state index is 15.2. The van der Waals surface area contributed by atoms with Crippen LogP contribution in [0.5, 0.6) is 0 Å². The number of aromatic amines is 1. The first kappa shape index (κ1) is 44.7. The number of carbonyl (C=O) groups is 2. The Bertz CT molecular complexity index is 2470. The number of amides is 2. The molecule has 9 nitrogen and oxygen atoms in total. The molecule has 8 rings (SSSR count). The second-order valence-electron chi connectivity index (χ2n) is 16.9. The molecular weight excluding hydrogens is 819 g/mol. The number of nitrogens with one attached hydrogen (secondary N) is 1. The molecule has 2 amide bonds. The number of hydrogen-bond acceptors (Lipinski definition) is 6. The highest BCUT2D eigenvalue weighted by Gasteiger charge is 2.52. The number of imidazole rings is 1. The van der Waals surface area contributed by atoms with Gasteiger partial charge in [0.05, 0.1) is 37.1 Å². The molecule has 0 spiro atoms. The third-order valence-electron chi connectivity index (χ3n) is 13.0. The molecule has 4 aromatic carbocycles. The van der Waals surface area contributed by atoms with Crippen LogP contribution in [0.15, 0.2) is 127 Å². The number of likely N-dealkylation sites (tertiary alicyclic amines) is 2. The number of alkyl halides is 4. The van der Waals surface area contributed by atoms with E-state index in [1.165, 1.54) is 9.80 Å². The van der Waals surface area contributed by atoms with E-state index >= 15 is 17.6 Å². The third-order valence-corrected chi connectivity index (χ3v) is 13.0. The van der Waals surface area contributed by atoms with Gasteiger partial charge in [-0.2, -0.15) is 0 Å². The van der Waals surface area contributed by atoms with Gasteiger partial charge in [-0.25, -0.2) is 22.5 Å². The van der Waals surface area contributed by atoms with Gasteiger partial charge in [0.15, 0.2) is 0 Å². The van der Waals surface area contributed by atoms with E-state index in [9.17, 15) is 9.59 Å². The predicted molar refractivity (Wildman–Crippen MR) is 243 cm³/mol. The first-order valence-corrected chi connectivity index (χ1v) is 22.3. The number of allylic oxidation sites excluding steroid dienone is 1. The van der Waals surface area contributed by atoms with E-state index in [0.717, 1.165) is 39.0 Å². The molecule has 5 aromatic rings. The van der Waals surface area contributed by atoms with Crippen LogP contribution in [0.4, 0.5) is 17.6 Å². The molecule has 3 aliphatic rings. The van der Waals surface area contributed by atoms with Crippen LogP contribution in [0.3, 0.4) is 0 Å². The van der Waals surface area contributed by atoms with E-state index in [0.29, 0.717) is 49.8 Å². The minimum absolute atomic E-state index is 0.317. The third kappa shape index (κ3) is 9.19. The molecule has 1 aromatic heterocycles. The summed E-state index contributed by atoms with van der Waals surface area (Å²) in [6.45, 7) is 8.89. The van der Waals surface area contributed by atoms with Crippen molar-refractivity contribution in [1.82, 2.24) is 29.6 Å². The highest BCUT2D eigenvalue weighted by Crippen LogP contribution is 2.43. The first-order valence-electron chi connectivity index (χ1n) is 22.3. The number of likely N-dealkylation sites (N-methyl/N-ethyl adjacent to an activating group) is 2. The lowest BCUT2D eigenvalue weighted by Crippen LogP contribution is -2.47. The predicted octanol–water partition coefficient (Wildman–Crippen LogP) is 10.2. The van der Waals surface area contributed by atoms with Gasteiger partial charge in [-0.15, -0.1) is 0 Å². The summed E-state index contributed by atoms with van der Waals surface area (Å²) in [5.74, 6) is -6.48. The number of aromatic nitrogens is 2. The van der Waals surface area contributed by atoms with Gasteiger partial charge in [0.1, 0.15) is 17.9 Å². The lowest BCUT2D eigenvalue weighted by molar-refractivity contribution is -0.140. The van der Waals surface area contributed by atoms with Gasteiger partial charge >= 0.3 is 0 Å². The highest BCUT2D eigenvalue weighted by molar-refractivity contribution is 6.04. The van der Waals surface area contributed by atoms with Crippen molar-refractivity contribution in [3.05, 3.63) is 144 Å². The zero-order chi connectivity index (χ0) is 45.2. The fourth-order valence-electron chi connectivity index (χ4n) is 9.62. The quantitative estimate of drug-likeness (QED) is 0.106. The molecule has 4 atom stereocenters. The molecule has 0 unspecified atom stereocenters. The Labute approximate surface area is 372 Å². The molecule has 0 bridgehead atoms. The summed E-state index contributed by atoms with van der Waals surface area (Å²) < 4.78 is 60.6. The van der Waals surface area contributed by atoms with Crippen molar-refractivity contribution < 1.29 is 27.2 Å². The summed E-state index contributed by atoms with van der Waals surface area (Å²) in [6, 6.07) is 31.4. The van der Waals surface area contributed by atoms with Crippen LogP contribution >= 0.6 is 0 Å². The second-order valence-corrected chi connectivity index (χ2v) is 16.9. The number of rotatable bonds is 15.